The number of nitriles is 1. The van der Waals surface area contributed by atoms with Gasteiger partial charge in [0.2, 0.25) is 0 Å². The molecule has 0 radical (unpaired) electrons. The molecule has 0 aliphatic rings. The molecule has 0 saturated heterocycles. The second-order valence-electron chi connectivity index (χ2n) is 6.04. The summed E-state index contributed by atoms with van der Waals surface area (Å²) in [6.07, 6.45) is 1.25. The van der Waals surface area contributed by atoms with Gasteiger partial charge in [0.1, 0.15) is 10.4 Å². The van der Waals surface area contributed by atoms with Crippen molar-refractivity contribution < 1.29 is 4.74 Å². The van der Waals surface area contributed by atoms with Gasteiger partial charge in [-0.25, -0.2) is 0 Å². The number of H-pyrrole nitrogens is 1. The summed E-state index contributed by atoms with van der Waals surface area (Å²) in [5.41, 5.74) is 3.85. The van der Waals surface area contributed by atoms with Crippen molar-refractivity contribution in [1.29, 1.82) is 5.26 Å². The number of fused-ring (bicyclic) bond motifs is 3. The summed E-state index contributed by atoms with van der Waals surface area (Å²) in [6, 6.07) is 16.1. The van der Waals surface area contributed by atoms with Gasteiger partial charge in [0, 0.05) is 28.3 Å². The van der Waals surface area contributed by atoms with Crippen LogP contribution in [-0.2, 0) is 6.42 Å². The minimum atomic E-state index is -0.0644. The first-order chi connectivity index (χ1) is 12.7. The summed E-state index contributed by atoms with van der Waals surface area (Å²) >= 11 is 1.44. The fraction of sp³-hybridized carbons (Fsp3) is 0.143. The number of rotatable bonds is 4. The smallest absolute Gasteiger partial charge is 0.266 e. The number of thiophene rings is 1. The van der Waals surface area contributed by atoms with E-state index in [2.05, 4.69) is 11.1 Å². The van der Waals surface area contributed by atoms with Crippen LogP contribution in [0, 0.1) is 11.3 Å². The van der Waals surface area contributed by atoms with Gasteiger partial charge in [-0.3, -0.25) is 4.79 Å². The van der Waals surface area contributed by atoms with Crippen LogP contribution in [0.3, 0.4) is 0 Å². The molecular formula is C21H16N2O2S. The first kappa shape index (κ1) is 16.4. The van der Waals surface area contributed by atoms with E-state index >= 15 is 0 Å². The van der Waals surface area contributed by atoms with Crippen LogP contribution in [0.4, 0.5) is 0 Å². The van der Waals surface area contributed by atoms with Crippen LogP contribution in [-0.4, -0.2) is 12.1 Å². The summed E-state index contributed by atoms with van der Waals surface area (Å²) in [7, 11) is 1.66. The van der Waals surface area contributed by atoms with Crippen molar-refractivity contribution in [2.75, 3.05) is 7.11 Å². The molecule has 0 unspecified atom stereocenters. The molecule has 2 heterocycles. The van der Waals surface area contributed by atoms with Crippen molar-refractivity contribution in [1.82, 2.24) is 4.98 Å². The average Bonchev–Trinajstić information content (AvgIpc) is 3.17. The lowest BCUT2D eigenvalue weighted by atomic mass is 9.96. The molecule has 0 aliphatic heterocycles. The third-order valence-electron chi connectivity index (χ3n) is 4.54. The number of methoxy groups -OCH3 is 1. The van der Waals surface area contributed by atoms with Gasteiger partial charge in [-0.15, -0.1) is 11.3 Å². The zero-order chi connectivity index (χ0) is 18.1. The van der Waals surface area contributed by atoms with Crippen molar-refractivity contribution in [3.05, 3.63) is 63.8 Å². The molecule has 4 rings (SSSR count). The Labute approximate surface area is 154 Å². The molecule has 0 atom stereocenters. The van der Waals surface area contributed by atoms with Crippen molar-refractivity contribution in [2.24, 2.45) is 0 Å². The molecule has 0 aliphatic carbocycles. The SMILES string of the molecule is COc1ccc2[nH]c(=O)c3sccc3c2c1-c1ccc(CCC#N)cc1. The molecule has 0 spiro atoms. The molecule has 0 bridgehead atoms. The Morgan fingerprint density at radius 1 is 1.15 bits per heavy atom. The quantitative estimate of drug-likeness (QED) is 0.564. The minimum Gasteiger partial charge on any atom is -0.496 e. The van der Waals surface area contributed by atoms with Crippen LogP contribution in [0.25, 0.3) is 32.1 Å². The number of hydrogen-bond acceptors (Lipinski definition) is 4. The van der Waals surface area contributed by atoms with E-state index in [1.807, 2.05) is 47.8 Å². The lowest BCUT2D eigenvalue weighted by molar-refractivity contribution is 0.417. The highest BCUT2D eigenvalue weighted by Gasteiger charge is 2.16. The Bertz CT molecular complexity index is 1200. The molecule has 5 heteroatoms. The summed E-state index contributed by atoms with van der Waals surface area (Å²) in [5, 5.41) is 12.6. The van der Waals surface area contributed by atoms with E-state index in [1.165, 1.54) is 11.3 Å². The highest BCUT2D eigenvalue weighted by Crippen LogP contribution is 2.40. The number of ether oxygens (including phenoxy) is 1. The number of aromatic nitrogens is 1. The Kier molecular flexibility index (Phi) is 4.19. The molecule has 0 amide bonds. The van der Waals surface area contributed by atoms with Gasteiger partial charge in [0.15, 0.2) is 0 Å². The maximum atomic E-state index is 12.3. The predicted octanol–water partition coefficient (Wildman–Crippen LogP) is 4.87. The molecule has 2 aromatic heterocycles. The largest absolute Gasteiger partial charge is 0.496 e. The van der Waals surface area contributed by atoms with Crippen LogP contribution in [0.5, 0.6) is 5.75 Å². The number of hydrogen-bond donors (Lipinski definition) is 1. The maximum absolute atomic E-state index is 12.3. The average molecular weight is 360 g/mol. The summed E-state index contributed by atoms with van der Waals surface area (Å²) in [4.78, 5) is 15.3. The minimum absolute atomic E-state index is 0.0644. The van der Waals surface area contributed by atoms with Gasteiger partial charge in [-0.1, -0.05) is 24.3 Å². The van der Waals surface area contributed by atoms with E-state index in [-0.39, 0.29) is 5.56 Å². The third-order valence-corrected chi connectivity index (χ3v) is 5.46. The van der Waals surface area contributed by atoms with Crippen LogP contribution in [0.1, 0.15) is 12.0 Å². The Balaban J connectivity index is 2.00. The van der Waals surface area contributed by atoms with Crippen molar-refractivity contribution >= 4 is 32.3 Å². The fourth-order valence-electron chi connectivity index (χ4n) is 3.32. The van der Waals surface area contributed by atoms with E-state index in [1.54, 1.807) is 7.11 Å². The second-order valence-corrected chi connectivity index (χ2v) is 6.95. The molecule has 26 heavy (non-hydrogen) atoms. The first-order valence-electron chi connectivity index (χ1n) is 8.29. The van der Waals surface area contributed by atoms with Crippen molar-refractivity contribution in [3.8, 4) is 22.9 Å². The molecule has 4 nitrogen and oxygen atoms in total. The topological polar surface area (TPSA) is 65.9 Å². The van der Waals surface area contributed by atoms with E-state index in [4.69, 9.17) is 10.00 Å². The van der Waals surface area contributed by atoms with Gasteiger partial charge in [0.05, 0.1) is 13.2 Å². The zero-order valence-electron chi connectivity index (χ0n) is 14.2. The van der Waals surface area contributed by atoms with Gasteiger partial charge in [0.25, 0.3) is 5.56 Å². The van der Waals surface area contributed by atoms with Crippen LogP contribution in [0.15, 0.2) is 52.6 Å². The molecular weight excluding hydrogens is 344 g/mol. The lowest BCUT2D eigenvalue weighted by Crippen LogP contribution is -2.05. The number of benzene rings is 2. The number of nitrogens with zero attached hydrogens (tertiary/aromatic N) is 1. The van der Waals surface area contributed by atoms with E-state index < -0.39 is 0 Å². The monoisotopic (exact) mass is 360 g/mol. The van der Waals surface area contributed by atoms with Crippen LogP contribution in [0.2, 0.25) is 0 Å². The lowest BCUT2D eigenvalue weighted by Gasteiger charge is -2.14. The highest BCUT2D eigenvalue weighted by molar-refractivity contribution is 7.17. The van der Waals surface area contributed by atoms with Gasteiger partial charge < -0.3 is 9.72 Å². The van der Waals surface area contributed by atoms with E-state index in [9.17, 15) is 4.79 Å². The number of nitrogens with one attached hydrogen (secondary N) is 1. The maximum Gasteiger partial charge on any atom is 0.266 e. The molecule has 0 saturated carbocycles. The Morgan fingerprint density at radius 2 is 1.96 bits per heavy atom. The number of aromatic amines is 1. The number of aryl methyl sites for hydroxylation is 1. The molecule has 128 valence electrons. The predicted molar refractivity (Wildman–Crippen MR) is 106 cm³/mol. The summed E-state index contributed by atoms with van der Waals surface area (Å²) in [6.45, 7) is 0. The van der Waals surface area contributed by atoms with Gasteiger partial charge >= 0.3 is 0 Å². The van der Waals surface area contributed by atoms with Crippen LogP contribution >= 0.6 is 11.3 Å². The summed E-state index contributed by atoms with van der Waals surface area (Å²) < 4.78 is 6.35. The van der Waals surface area contributed by atoms with Gasteiger partial charge in [-0.05, 0) is 41.1 Å². The molecule has 4 aromatic rings. The zero-order valence-corrected chi connectivity index (χ0v) is 15.0. The Morgan fingerprint density at radius 3 is 2.69 bits per heavy atom. The Hall–Kier alpha value is -3.10. The third kappa shape index (κ3) is 2.65. The summed E-state index contributed by atoms with van der Waals surface area (Å²) in [5.74, 6) is 0.766. The fourth-order valence-corrected chi connectivity index (χ4v) is 4.12. The van der Waals surface area contributed by atoms with Crippen molar-refractivity contribution in [3.63, 3.8) is 0 Å². The van der Waals surface area contributed by atoms with E-state index in [0.29, 0.717) is 6.42 Å². The van der Waals surface area contributed by atoms with Crippen LogP contribution < -0.4 is 10.3 Å². The van der Waals surface area contributed by atoms with E-state index in [0.717, 1.165) is 49.8 Å². The second kappa shape index (κ2) is 6.66. The number of pyridine rings is 1. The molecule has 2 aromatic carbocycles. The normalized spacial score (nSPS) is 10.9. The standard InChI is InChI=1S/C21H16N2O2S/c1-25-17-9-8-16-19(15-10-12-26-20(15)21(24)23-16)18(17)14-6-4-13(5-7-14)3-2-11-22/h4-10,12H,2-3H2,1H3,(H,23,24). The van der Waals surface area contributed by atoms with Crippen molar-refractivity contribution in [2.45, 2.75) is 12.8 Å². The highest BCUT2D eigenvalue weighted by atomic mass is 32.1. The molecule has 0 fully saturated rings. The first-order valence-corrected chi connectivity index (χ1v) is 9.17. The van der Waals surface area contributed by atoms with Gasteiger partial charge in [-0.2, -0.15) is 5.26 Å². The molecule has 1 N–H and O–H groups in total.